The zero-order chi connectivity index (χ0) is 12.5. The van der Waals surface area contributed by atoms with Gasteiger partial charge in [-0.1, -0.05) is 33.6 Å². The first-order chi connectivity index (χ1) is 8.02. The van der Waals surface area contributed by atoms with Gasteiger partial charge >= 0.3 is 0 Å². The molecule has 0 saturated heterocycles. The van der Waals surface area contributed by atoms with Gasteiger partial charge in [-0.05, 0) is 43.3 Å². The molecular formula is C15H29NS. The highest BCUT2D eigenvalue weighted by atomic mass is 32.2. The van der Waals surface area contributed by atoms with Gasteiger partial charge in [0.05, 0.1) is 0 Å². The van der Waals surface area contributed by atoms with Crippen LogP contribution >= 0.6 is 11.8 Å². The summed E-state index contributed by atoms with van der Waals surface area (Å²) >= 11 is 2.08. The van der Waals surface area contributed by atoms with Gasteiger partial charge in [0.25, 0.3) is 0 Å². The molecule has 2 saturated carbocycles. The topological polar surface area (TPSA) is 12.0 Å². The third kappa shape index (κ3) is 3.41. The number of hydrogen-bond donors (Lipinski definition) is 1. The summed E-state index contributed by atoms with van der Waals surface area (Å²) in [4.78, 5) is 0. The molecule has 2 rings (SSSR count). The first-order valence-electron chi connectivity index (χ1n) is 7.31. The Morgan fingerprint density at radius 2 is 1.76 bits per heavy atom. The summed E-state index contributed by atoms with van der Waals surface area (Å²) in [5.74, 6) is 0.856. The summed E-state index contributed by atoms with van der Waals surface area (Å²) < 4.78 is 0. The van der Waals surface area contributed by atoms with E-state index in [1.54, 1.807) is 0 Å². The molecule has 100 valence electrons. The van der Waals surface area contributed by atoms with Crippen LogP contribution in [0.2, 0.25) is 0 Å². The first kappa shape index (κ1) is 13.7. The predicted octanol–water partition coefficient (Wildman–Crippen LogP) is 4.07. The van der Waals surface area contributed by atoms with Crippen LogP contribution in [-0.2, 0) is 0 Å². The lowest BCUT2D eigenvalue weighted by molar-refractivity contribution is 0.309. The number of hydrogen-bond acceptors (Lipinski definition) is 2. The Hall–Kier alpha value is 0.310. The molecule has 2 heteroatoms. The molecular weight excluding hydrogens is 226 g/mol. The van der Waals surface area contributed by atoms with Crippen LogP contribution in [0.4, 0.5) is 0 Å². The average molecular weight is 255 g/mol. The second-order valence-corrected chi connectivity index (χ2v) is 8.06. The zero-order valence-electron chi connectivity index (χ0n) is 12.0. The van der Waals surface area contributed by atoms with E-state index in [1.807, 2.05) is 0 Å². The maximum absolute atomic E-state index is 4.00. The predicted molar refractivity (Wildman–Crippen MR) is 78.7 cm³/mol. The summed E-state index contributed by atoms with van der Waals surface area (Å²) in [6, 6.07) is 1.54. The van der Waals surface area contributed by atoms with Gasteiger partial charge in [0, 0.05) is 17.3 Å². The van der Waals surface area contributed by atoms with Crippen LogP contribution in [0.1, 0.15) is 59.3 Å². The van der Waals surface area contributed by atoms with Crippen LogP contribution in [-0.4, -0.2) is 23.6 Å². The van der Waals surface area contributed by atoms with Crippen molar-refractivity contribution in [1.82, 2.24) is 5.32 Å². The maximum atomic E-state index is 4.00. The Labute approximate surface area is 112 Å². The summed E-state index contributed by atoms with van der Waals surface area (Å²) in [6.45, 7) is 7.29. The van der Waals surface area contributed by atoms with Crippen molar-refractivity contribution >= 4 is 11.8 Å². The third-order valence-corrected chi connectivity index (χ3v) is 5.94. The van der Waals surface area contributed by atoms with Crippen LogP contribution in [0.15, 0.2) is 0 Å². The van der Waals surface area contributed by atoms with Gasteiger partial charge in [-0.15, -0.1) is 0 Å². The highest BCUT2D eigenvalue weighted by Crippen LogP contribution is 2.41. The minimum atomic E-state index is 0.556. The molecule has 0 radical (unpaired) electrons. The summed E-state index contributed by atoms with van der Waals surface area (Å²) in [7, 11) is 0. The number of thioether (sulfide) groups is 1. The summed E-state index contributed by atoms with van der Waals surface area (Å²) in [5.41, 5.74) is 0.556. The van der Waals surface area contributed by atoms with E-state index in [0.717, 1.165) is 23.3 Å². The molecule has 0 bridgehead atoms. The lowest BCUT2D eigenvalue weighted by Gasteiger charge is -2.34. The molecule has 2 fully saturated rings. The molecule has 1 N–H and O–H groups in total. The van der Waals surface area contributed by atoms with Gasteiger partial charge in [0.2, 0.25) is 0 Å². The largest absolute Gasteiger partial charge is 0.310 e. The van der Waals surface area contributed by atoms with E-state index in [4.69, 9.17) is 0 Å². The van der Waals surface area contributed by atoms with Gasteiger partial charge in [-0.3, -0.25) is 0 Å². The van der Waals surface area contributed by atoms with E-state index in [9.17, 15) is 0 Å². The molecule has 0 aliphatic heterocycles. The van der Waals surface area contributed by atoms with Gasteiger partial charge in [-0.25, -0.2) is 0 Å². The minimum Gasteiger partial charge on any atom is -0.310 e. The third-order valence-electron chi connectivity index (χ3n) is 4.77. The number of rotatable bonds is 3. The van der Waals surface area contributed by atoms with Crippen molar-refractivity contribution in [3.05, 3.63) is 0 Å². The van der Waals surface area contributed by atoms with E-state index in [2.05, 4.69) is 44.1 Å². The fourth-order valence-corrected chi connectivity index (χ4v) is 4.91. The van der Waals surface area contributed by atoms with Crippen LogP contribution in [0.3, 0.4) is 0 Å². The van der Waals surface area contributed by atoms with Crippen LogP contribution in [0.25, 0.3) is 0 Å². The Bertz CT molecular complexity index is 251. The molecule has 17 heavy (non-hydrogen) atoms. The molecule has 0 aromatic heterocycles. The van der Waals surface area contributed by atoms with E-state index < -0.39 is 0 Å². The van der Waals surface area contributed by atoms with E-state index in [0.29, 0.717) is 5.41 Å². The normalized spacial score (nSPS) is 41.6. The summed E-state index contributed by atoms with van der Waals surface area (Å²) in [6.07, 6.45) is 10.7. The Kier molecular flexibility index (Phi) is 4.46. The standard InChI is InChI=1S/C15H29NS/c1-11-9-15(2,3)10-13(11)16-12-7-5-6-8-14(12)17-4/h11-14,16H,5-10H2,1-4H3. The molecule has 0 aromatic carbocycles. The van der Waals surface area contributed by atoms with Gasteiger partial charge in [-0.2, -0.15) is 11.8 Å². The zero-order valence-corrected chi connectivity index (χ0v) is 12.8. The van der Waals surface area contributed by atoms with Crippen molar-refractivity contribution in [2.45, 2.75) is 76.6 Å². The van der Waals surface area contributed by atoms with E-state index >= 15 is 0 Å². The fourth-order valence-electron chi connectivity index (χ4n) is 3.96. The molecule has 1 nitrogen and oxygen atoms in total. The molecule has 2 aliphatic rings. The van der Waals surface area contributed by atoms with Crippen molar-refractivity contribution in [3.63, 3.8) is 0 Å². The fraction of sp³-hybridized carbons (Fsp3) is 1.00. The smallest absolute Gasteiger partial charge is 0.0198 e. The second kappa shape index (κ2) is 5.52. The van der Waals surface area contributed by atoms with Gasteiger partial charge < -0.3 is 5.32 Å². The number of nitrogens with one attached hydrogen (secondary N) is 1. The molecule has 2 aliphatic carbocycles. The Morgan fingerprint density at radius 3 is 2.35 bits per heavy atom. The maximum Gasteiger partial charge on any atom is 0.0198 e. The summed E-state index contributed by atoms with van der Waals surface area (Å²) in [5, 5.41) is 4.86. The molecule has 0 aromatic rings. The minimum absolute atomic E-state index is 0.556. The Morgan fingerprint density at radius 1 is 1.06 bits per heavy atom. The van der Waals surface area contributed by atoms with Crippen molar-refractivity contribution in [1.29, 1.82) is 0 Å². The first-order valence-corrected chi connectivity index (χ1v) is 8.59. The van der Waals surface area contributed by atoms with Gasteiger partial charge in [0.15, 0.2) is 0 Å². The lowest BCUT2D eigenvalue weighted by Crippen LogP contribution is -2.46. The van der Waals surface area contributed by atoms with E-state index in [-0.39, 0.29) is 0 Å². The molecule has 4 unspecified atom stereocenters. The lowest BCUT2D eigenvalue weighted by atomic mass is 9.90. The monoisotopic (exact) mass is 255 g/mol. The quantitative estimate of drug-likeness (QED) is 0.815. The highest BCUT2D eigenvalue weighted by Gasteiger charge is 2.38. The van der Waals surface area contributed by atoms with Gasteiger partial charge in [0.1, 0.15) is 0 Å². The SMILES string of the molecule is CSC1CCCCC1NC1CC(C)(C)CC1C. The van der Waals surface area contributed by atoms with Crippen LogP contribution < -0.4 is 5.32 Å². The van der Waals surface area contributed by atoms with E-state index in [1.165, 1.54) is 38.5 Å². The second-order valence-electron chi connectivity index (χ2n) is 6.99. The molecule has 4 atom stereocenters. The van der Waals surface area contributed by atoms with Crippen LogP contribution in [0.5, 0.6) is 0 Å². The van der Waals surface area contributed by atoms with Crippen molar-refractivity contribution in [2.75, 3.05) is 6.26 Å². The Balaban J connectivity index is 1.91. The molecule has 0 spiro atoms. The van der Waals surface area contributed by atoms with Crippen molar-refractivity contribution in [3.8, 4) is 0 Å². The van der Waals surface area contributed by atoms with Crippen LogP contribution in [0, 0.1) is 11.3 Å². The van der Waals surface area contributed by atoms with Crippen molar-refractivity contribution < 1.29 is 0 Å². The molecule has 0 heterocycles. The average Bonchev–Trinajstić information content (AvgIpc) is 2.52. The van der Waals surface area contributed by atoms with Crippen molar-refractivity contribution in [2.24, 2.45) is 11.3 Å². The highest BCUT2D eigenvalue weighted by molar-refractivity contribution is 7.99. The molecule has 0 amide bonds.